The number of aryl methyl sites for hydroxylation is 1. The maximum Gasteiger partial charge on any atom is 0.328 e. The molecule has 0 aromatic heterocycles. The Morgan fingerprint density at radius 3 is 2.67 bits per heavy atom. The highest BCUT2D eigenvalue weighted by Gasteiger charge is 2.05. The van der Waals surface area contributed by atoms with Gasteiger partial charge in [0.1, 0.15) is 11.5 Å². The minimum absolute atomic E-state index is 0.543. The van der Waals surface area contributed by atoms with E-state index in [1.807, 2.05) is 25.1 Å². The molecule has 0 fully saturated rings. The summed E-state index contributed by atoms with van der Waals surface area (Å²) < 4.78 is 6.46. The quantitative estimate of drug-likeness (QED) is 0.746. The number of carbonyl (C=O) groups is 1. The lowest BCUT2D eigenvalue weighted by Gasteiger charge is -2.09. The van der Waals surface area contributed by atoms with Crippen LogP contribution in [0.5, 0.6) is 11.5 Å². The zero-order chi connectivity index (χ0) is 15.4. The van der Waals surface area contributed by atoms with Crippen molar-refractivity contribution in [3.05, 3.63) is 63.1 Å². The molecule has 0 aliphatic rings. The molecule has 0 atom stereocenters. The van der Waals surface area contributed by atoms with E-state index in [0.717, 1.165) is 21.7 Å². The molecule has 108 valence electrons. The van der Waals surface area contributed by atoms with E-state index in [-0.39, 0.29) is 0 Å². The molecule has 1 N–H and O–H groups in total. The third kappa shape index (κ3) is 4.34. The lowest BCUT2D eigenvalue weighted by Crippen LogP contribution is -1.88. The lowest BCUT2D eigenvalue weighted by molar-refractivity contribution is -0.131. The molecule has 3 nitrogen and oxygen atoms in total. The molecule has 0 aliphatic heterocycles. The molecule has 0 saturated heterocycles. The maximum absolute atomic E-state index is 10.5. The molecule has 0 spiro atoms. The van der Waals surface area contributed by atoms with Crippen LogP contribution in [0.1, 0.15) is 11.1 Å². The van der Waals surface area contributed by atoms with Crippen LogP contribution < -0.4 is 4.74 Å². The van der Waals surface area contributed by atoms with Gasteiger partial charge in [-0.1, -0.05) is 39.7 Å². The van der Waals surface area contributed by atoms with Gasteiger partial charge in [-0.25, -0.2) is 4.79 Å². The normalized spacial score (nSPS) is 10.8. The number of rotatable bonds is 4. The van der Waals surface area contributed by atoms with Crippen LogP contribution in [0.25, 0.3) is 6.08 Å². The minimum atomic E-state index is -0.992. The molecule has 0 heterocycles. The van der Waals surface area contributed by atoms with Crippen molar-refractivity contribution in [1.29, 1.82) is 0 Å². The molecule has 0 amide bonds. The summed E-state index contributed by atoms with van der Waals surface area (Å²) in [5.41, 5.74) is 1.81. The largest absolute Gasteiger partial charge is 0.478 e. The Bertz CT molecular complexity index is 711. The number of hydrogen-bond acceptors (Lipinski definition) is 2. The Labute approximate surface area is 135 Å². The van der Waals surface area contributed by atoms with Gasteiger partial charge in [0.15, 0.2) is 0 Å². The van der Waals surface area contributed by atoms with Gasteiger partial charge in [-0.3, -0.25) is 0 Å². The van der Waals surface area contributed by atoms with Gasteiger partial charge in [0.05, 0.1) is 5.02 Å². The monoisotopic (exact) mass is 366 g/mol. The second kappa shape index (κ2) is 6.78. The van der Waals surface area contributed by atoms with Crippen molar-refractivity contribution < 1.29 is 14.6 Å². The van der Waals surface area contributed by atoms with Gasteiger partial charge >= 0.3 is 5.97 Å². The second-order valence-corrected chi connectivity index (χ2v) is 5.65. The van der Waals surface area contributed by atoms with E-state index in [2.05, 4.69) is 15.9 Å². The molecule has 0 aliphatic carbocycles. The van der Waals surface area contributed by atoms with Gasteiger partial charge in [0, 0.05) is 10.5 Å². The summed E-state index contributed by atoms with van der Waals surface area (Å²) in [5.74, 6) is 0.191. The Morgan fingerprint density at radius 1 is 1.29 bits per heavy atom. The van der Waals surface area contributed by atoms with Crippen molar-refractivity contribution in [1.82, 2.24) is 0 Å². The number of hydrogen-bond donors (Lipinski definition) is 1. The van der Waals surface area contributed by atoms with Crippen molar-refractivity contribution in [2.24, 2.45) is 0 Å². The fraction of sp³-hybridized carbons (Fsp3) is 0.0625. The first-order valence-electron chi connectivity index (χ1n) is 6.10. The van der Waals surface area contributed by atoms with E-state index in [1.165, 1.54) is 6.08 Å². The molecule has 0 unspecified atom stereocenters. The van der Waals surface area contributed by atoms with E-state index in [9.17, 15) is 4.79 Å². The number of benzene rings is 2. The number of carboxylic acids is 1. The lowest BCUT2D eigenvalue weighted by atomic mass is 10.2. The first kappa shape index (κ1) is 15.6. The van der Waals surface area contributed by atoms with Crippen LogP contribution in [0.3, 0.4) is 0 Å². The summed E-state index contributed by atoms with van der Waals surface area (Å²) in [6.07, 6.45) is 2.59. The summed E-state index contributed by atoms with van der Waals surface area (Å²) in [6.45, 7) is 1.95. The minimum Gasteiger partial charge on any atom is -0.478 e. The van der Waals surface area contributed by atoms with Crippen molar-refractivity contribution in [2.75, 3.05) is 0 Å². The molecular formula is C16H12BrClO3. The third-order valence-electron chi connectivity index (χ3n) is 2.69. The summed E-state index contributed by atoms with van der Waals surface area (Å²) in [7, 11) is 0. The Kier molecular flexibility index (Phi) is 5.04. The van der Waals surface area contributed by atoms with Crippen LogP contribution in [0, 0.1) is 6.92 Å². The van der Waals surface area contributed by atoms with Crippen molar-refractivity contribution in [3.8, 4) is 11.5 Å². The van der Waals surface area contributed by atoms with Gasteiger partial charge in [-0.2, -0.15) is 0 Å². The zero-order valence-corrected chi connectivity index (χ0v) is 13.5. The Morgan fingerprint density at radius 2 is 2.05 bits per heavy atom. The van der Waals surface area contributed by atoms with Crippen molar-refractivity contribution >= 4 is 39.6 Å². The average Bonchev–Trinajstić information content (AvgIpc) is 2.41. The smallest absolute Gasteiger partial charge is 0.328 e. The van der Waals surface area contributed by atoms with Crippen LogP contribution in [0.4, 0.5) is 0 Å². The highest BCUT2D eigenvalue weighted by atomic mass is 79.9. The predicted octanol–water partition coefficient (Wildman–Crippen LogP) is 5.30. The van der Waals surface area contributed by atoms with Gasteiger partial charge in [0.2, 0.25) is 0 Å². The van der Waals surface area contributed by atoms with Crippen molar-refractivity contribution in [2.45, 2.75) is 6.92 Å². The van der Waals surface area contributed by atoms with E-state index in [0.29, 0.717) is 16.5 Å². The van der Waals surface area contributed by atoms with Crippen molar-refractivity contribution in [3.63, 3.8) is 0 Å². The fourth-order valence-corrected chi connectivity index (χ4v) is 2.45. The van der Waals surface area contributed by atoms with Crippen LogP contribution in [-0.4, -0.2) is 11.1 Å². The number of halogens is 2. The van der Waals surface area contributed by atoms with E-state index in [4.69, 9.17) is 21.4 Å². The van der Waals surface area contributed by atoms with Gasteiger partial charge in [0.25, 0.3) is 0 Å². The molecule has 0 bridgehead atoms. The highest BCUT2D eigenvalue weighted by molar-refractivity contribution is 9.10. The van der Waals surface area contributed by atoms with Crippen LogP contribution in [-0.2, 0) is 4.79 Å². The topological polar surface area (TPSA) is 46.5 Å². The van der Waals surface area contributed by atoms with Crippen LogP contribution in [0.15, 0.2) is 46.9 Å². The van der Waals surface area contributed by atoms with E-state index in [1.54, 1.807) is 18.2 Å². The Balaban J connectivity index is 2.22. The van der Waals surface area contributed by atoms with Crippen LogP contribution >= 0.6 is 27.5 Å². The number of ether oxygens (including phenoxy) is 1. The fourth-order valence-electron chi connectivity index (χ4n) is 1.68. The third-order valence-corrected chi connectivity index (χ3v) is 3.67. The average molecular weight is 368 g/mol. The summed E-state index contributed by atoms with van der Waals surface area (Å²) in [5, 5.41) is 9.17. The Hall–Kier alpha value is -1.78. The number of carboxylic acid groups (broad SMARTS) is 1. The maximum atomic E-state index is 10.5. The van der Waals surface area contributed by atoms with Crippen LogP contribution in [0.2, 0.25) is 5.02 Å². The molecule has 5 heteroatoms. The molecule has 2 rings (SSSR count). The number of aliphatic carboxylic acids is 1. The first-order chi connectivity index (χ1) is 9.95. The van der Waals surface area contributed by atoms with E-state index >= 15 is 0 Å². The summed E-state index contributed by atoms with van der Waals surface area (Å²) in [4.78, 5) is 10.5. The second-order valence-electron chi connectivity index (χ2n) is 4.39. The molecular weight excluding hydrogens is 356 g/mol. The first-order valence-corrected chi connectivity index (χ1v) is 7.27. The molecule has 21 heavy (non-hydrogen) atoms. The van der Waals surface area contributed by atoms with Gasteiger partial charge < -0.3 is 9.84 Å². The molecule has 2 aromatic rings. The summed E-state index contributed by atoms with van der Waals surface area (Å²) >= 11 is 9.51. The summed E-state index contributed by atoms with van der Waals surface area (Å²) in [6, 6.07) is 10.8. The highest BCUT2D eigenvalue weighted by Crippen LogP contribution is 2.32. The predicted molar refractivity (Wildman–Crippen MR) is 87.1 cm³/mol. The van der Waals surface area contributed by atoms with Gasteiger partial charge in [-0.15, -0.1) is 0 Å². The van der Waals surface area contributed by atoms with E-state index < -0.39 is 5.97 Å². The zero-order valence-electron chi connectivity index (χ0n) is 11.1. The van der Waals surface area contributed by atoms with Gasteiger partial charge in [-0.05, 0) is 48.4 Å². The molecule has 0 radical (unpaired) electrons. The standard InChI is InChI=1S/C16H12BrClO3/c1-10-2-6-15(14(18)8-10)21-12-5-3-11(13(17)9-12)4-7-16(19)20/h2-9H,1H3,(H,19,20)/b7-4+. The molecule has 2 aromatic carbocycles. The molecule has 0 saturated carbocycles. The SMILES string of the molecule is Cc1ccc(Oc2ccc(/C=C/C(=O)O)c(Br)c2)c(Cl)c1.